The standard InChI is InChI=1S/C14H22N4O/c1-10-7-13(19-2)17-14(16-10)15-8-11-5-6-18(9-11)12-3-4-12/h7,11-12H,3-6,8-9H2,1-2H3,(H,15,16,17). The maximum atomic E-state index is 5.16. The summed E-state index contributed by atoms with van der Waals surface area (Å²) in [4.78, 5) is 11.3. The number of aromatic nitrogens is 2. The van der Waals surface area contributed by atoms with E-state index in [1.165, 1.54) is 32.4 Å². The Morgan fingerprint density at radius 3 is 2.95 bits per heavy atom. The molecule has 0 spiro atoms. The Labute approximate surface area is 114 Å². The van der Waals surface area contributed by atoms with Gasteiger partial charge in [0.2, 0.25) is 11.8 Å². The fraction of sp³-hybridized carbons (Fsp3) is 0.714. The maximum absolute atomic E-state index is 5.16. The number of aryl methyl sites for hydroxylation is 1. The van der Waals surface area contributed by atoms with Crippen LogP contribution in [0.25, 0.3) is 0 Å². The van der Waals surface area contributed by atoms with E-state index in [1.54, 1.807) is 7.11 Å². The average molecular weight is 262 g/mol. The van der Waals surface area contributed by atoms with Gasteiger partial charge in [0.15, 0.2) is 0 Å². The van der Waals surface area contributed by atoms with Crippen molar-refractivity contribution in [3.63, 3.8) is 0 Å². The molecule has 1 aliphatic heterocycles. The number of hydrogen-bond donors (Lipinski definition) is 1. The van der Waals surface area contributed by atoms with Crippen LogP contribution in [0.2, 0.25) is 0 Å². The molecular weight excluding hydrogens is 240 g/mol. The number of ether oxygens (including phenoxy) is 1. The number of nitrogens with zero attached hydrogens (tertiary/aromatic N) is 3. The largest absolute Gasteiger partial charge is 0.481 e. The molecule has 1 saturated heterocycles. The Morgan fingerprint density at radius 2 is 2.21 bits per heavy atom. The summed E-state index contributed by atoms with van der Waals surface area (Å²) in [6.45, 7) is 5.39. The van der Waals surface area contributed by atoms with E-state index in [4.69, 9.17) is 4.74 Å². The Hall–Kier alpha value is -1.36. The van der Waals surface area contributed by atoms with Gasteiger partial charge in [0, 0.05) is 30.9 Å². The Morgan fingerprint density at radius 1 is 1.37 bits per heavy atom. The lowest BCUT2D eigenvalue weighted by Crippen LogP contribution is -2.25. The summed E-state index contributed by atoms with van der Waals surface area (Å²) >= 11 is 0. The summed E-state index contributed by atoms with van der Waals surface area (Å²) in [7, 11) is 1.63. The molecule has 1 atom stereocenters. The molecule has 2 heterocycles. The highest BCUT2D eigenvalue weighted by Crippen LogP contribution is 2.31. The van der Waals surface area contributed by atoms with Gasteiger partial charge < -0.3 is 15.0 Å². The van der Waals surface area contributed by atoms with Crippen LogP contribution in [0.1, 0.15) is 25.0 Å². The van der Waals surface area contributed by atoms with E-state index >= 15 is 0 Å². The van der Waals surface area contributed by atoms with E-state index in [2.05, 4.69) is 20.2 Å². The molecule has 5 nitrogen and oxygen atoms in total. The molecule has 2 aliphatic rings. The van der Waals surface area contributed by atoms with Crippen molar-refractivity contribution in [2.24, 2.45) is 5.92 Å². The minimum Gasteiger partial charge on any atom is -0.481 e. The van der Waals surface area contributed by atoms with Crippen LogP contribution < -0.4 is 10.1 Å². The van der Waals surface area contributed by atoms with Crippen molar-refractivity contribution in [1.29, 1.82) is 0 Å². The van der Waals surface area contributed by atoms with Crippen molar-refractivity contribution >= 4 is 5.95 Å². The van der Waals surface area contributed by atoms with Gasteiger partial charge in [0.05, 0.1) is 7.11 Å². The normalized spacial score (nSPS) is 23.6. The third-order valence-electron chi connectivity index (χ3n) is 3.97. The number of methoxy groups -OCH3 is 1. The molecule has 1 saturated carbocycles. The van der Waals surface area contributed by atoms with Gasteiger partial charge in [-0.3, -0.25) is 0 Å². The monoisotopic (exact) mass is 262 g/mol. The number of nitrogens with one attached hydrogen (secondary N) is 1. The van der Waals surface area contributed by atoms with Gasteiger partial charge in [0.25, 0.3) is 0 Å². The van der Waals surface area contributed by atoms with Crippen LogP contribution in [0.3, 0.4) is 0 Å². The maximum Gasteiger partial charge on any atom is 0.226 e. The molecule has 0 aromatic carbocycles. The fourth-order valence-corrected chi connectivity index (χ4v) is 2.76. The Bertz CT molecular complexity index is 447. The van der Waals surface area contributed by atoms with E-state index in [9.17, 15) is 0 Å². The summed E-state index contributed by atoms with van der Waals surface area (Å²) in [5.41, 5.74) is 0.931. The summed E-state index contributed by atoms with van der Waals surface area (Å²) in [6, 6.07) is 2.73. The third kappa shape index (κ3) is 3.15. The molecule has 2 fully saturated rings. The first-order chi connectivity index (χ1) is 9.24. The summed E-state index contributed by atoms with van der Waals surface area (Å²) < 4.78 is 5.16. The lowest BCUT2D eigenvalue weighted by molar-refractivity contribution is 0.316. The highest BCUT2D eigenvalue weighted by Gasteiger charge is 2.34. The van der Waals surface area contributed by atoms with Crippen molar-refractivity contribution < 1.29 is 4.74 Å². The van der Waals surface area contributed by atoms with Gasteiger partial charge in [-0.05, 0) is 38.6 Å². The first kappa shape index (κ1) is 12.7. The molecule has 1 unspecified atom stereocenters. The smallest absolute Gasteiger partial charge is 0.226 e. The van der Waals surface area contributed by atoms with Crippen LogP contribution >= 0.6 is 0 Å². The van der Waals surface area contributed by atoms with Crippen molar-refractivity contribution in [1.82, 2.24) is 14.9 Å². The molecule has 1 aromatic rings. The first-order valence-corrected chi connectivity index (χ1v) is 7.12. The summed E-state index contributed by atoms with van der Waals surface area (Å²) in [6.07, 6.45) is 4.09. The molecule has 1 aliphatic carbocycles. The highest BCUT2D eigenvalue weighted by molar-refractivity contribution is 5.30. The topological polar surface area (TPSA) is 50.3 Å². The van der Waals surface area contributed by atoms with Crippen LogP contribution in [0.4, 0.5) is 5.95 Å². The second-order valence-corrected chi connectivity index (χ2v) is 5.64. The van der Waals surface area contributed by atoms with Gasteiger partial charge in [-0.1, -0.05) is 0 Å². The number of anilines is 1. The molecule has 0 amide bonds. The lowest BCUT2D eigenvalue weighted by Gasteiger charge is -2.15. The van der Waals surface area contributed by atoms with Crippen molar-refractivity contribution in [3.05, 3.63) is 11.8 Å². The average Bonchev–Trinajstić information content (AvgIpc) is 3.15. The van der Waals surface area contributed by atoms with E-state index in [0.29, 0.717) is 11.8 Å². The number of likely N-dealkylation sites (tertiary alicyclic amines) is 1. The van der Waals surface area contributed by atoms with E-state index in [1.807, 2.05) is 13.0 Å². The molecule has 104 valence electrons. The minimum atomic E-state index is 0.626. The van der Waals surface area contributed by atoms with Gasteiger partial charge >= 0.3 is 0 Å². The molecule has 0 radical (unpaired) electrons. The van der Waals surface area contributed by atoms with Crippen LogP contribution in [-0.2, 0) is 0 Å². The van der Waals surface area contributed by atoms with Crippen molar-refractivity contribution in [2.45, 2.75) is 32.2 Å². The quantitative estimate of drug-likeness (QED) is 0.875. The van der Waals surface area contributed by atoms with E-state index in [-0.39, 0.29) is 0 Å². The van der Waals surface area contributed by atoms with E-state index < -0.39 is 0 Å². The van der Waals surface area contributed by atoms with E-state index in [0.717, 1.165) is 24.2 Å². The second-order valence-electron chi connectivity index (χ2n) is 5.64. The summed E-state index contributed by atoms with van der Waals surface area (Å²) in [5, 5.41) is 3.35. The number of rotatable bonds is 5. The zero-order valence-corrected chi connectivity index (χ0v) is 11.7. The van der Waals surface area contributed by atoms with Crippen molar-refractivity contribution in [2.75, 3.05) is 32.1 Å². The fourth-order valence-electron chi connectivity index (χ4n) is 2.76. The Kier molecular flexibility index (Phi) is 3.55. The number of hydrogen-bond acceptors (Lipinski definition) is 5. The van der Waals surface area contributed by atoms with Crippen molar-refractivity contribution in [3.8, 4) is 5.88 Å². The Balaban J connectivity index is 1.53. The summed E-state index contributed by atoms with van der Waals surface area (Å²) in [5.74, 6) is 2.03. The van der Waals surface area contributed by atoms with Gasteiger partial charge in [0.1, 0.15) is 0 Å². The molecule has 0 bridgehead atoms. The predicted molar refractivity (Wildman–Crippen MR) is 74.5 cm³/mol. The molecular formula is C14H22N4O. The van der Waals surface area contributed by atoms with Gasteiger partial charge in [-0.2, -0.15) is 4.98 Å². The predicted octanol–water partition coefficient (Wildman–Crippen LogP) is 1.69. The zero-order valence-electron chi connectivity index (χ0n) is 11.7. The second kappa shape index (κ2) is 5.33. The van der Waals surface area contributed by atoms with Crippen LogP contribution in [0, 0.1) is 12.8 Å². The highest BCUT2D eigenvalue weighted by atomic mass is 16.5. The van der Waals surface area contributed by atoms with Crippen LogP contribution in [-0.4, -0.2) is 47.7 Å². The molecule has 19 heavy (non-hydrogen) atoms. The lowest BCUT2D eigenvalue weighted by atomic mass is 10.1. The molecule has 1 aromatic heterocycles. The van der Waals surface area contributed by atoms with Gasteiger partial charge in [-0.15, -0.1) is 0 Å². The molecule has 3 rings (SSSR count). The van der Waals surface area contributed by atoms with Gasteiger partial charge in [-0.25, -0.2) is 4.98 Å². The molecule has 1 N–H and O–H groups in total. The molecule has 5 heteroatoms. The first-order valence-electron chi connectivity index (χ1n) is 7.12. The third-order valence-corrected chi connectivity index (χ3v) is 3.97. The SMILES string of the molecule is COc1cc(C)nc(NCC2CCN(C3CC3)C2)n1. The zero-order chi connectivity index (χ0) is 13.2. The van der Waals surface area contributed by atoms with Crippen LogP contribution in [0.5, 0.6) is 5.88 Å². The minimum absolute atomic E-state index is 0.626. The van der Waals surface area contributed by atoms with Crippen LogP contribution in [0.15, 0.2) is 6.07 Å².